The molecule has 1 heterocycles. The van der Waals surface area contributed by atoms with Crippen LogP contribution in [0.25, 0.3) is 0 Å². The Labute approximate surface area is 148 Å². The first kappa shape index (κ1) is 18.6. The molecule has 0 bridgehead atoms. The van der Waals surface area contributed by atoms with E-state index in [0.29, 0.717) is 28.3 Å². The van der Waals surface area contributed by atoms with Crippen molar-refractivity contribution < 1.29 is 18.0 Å². The molecule has 24 heavy (non-hydrogen) atoms. The fourth-order valence-corrected chi connectivity index (χ4v) is 4.12. The van der Waals surface area contributed by atoms with E-state index in [2.05, 4.69) is 10.0 Å². The van der Waals surface area contributed by atoms with E-state index in [0.717, 1.165) is 0 Å². The molecule has 1 amide bonds. The van der Waals surface area contributed by atoms with Crippen molar-refractivity contribution in [3.05, 3.63) is 45.6 Å². The van der Waals surface area contributed by atoms with Crippen molar-refractivity contribution in [2.24, 2.45) is 0 Å². The molecule has 2 N–H and O–H groups in total. The molecule has 1 unspecified atom stereocenters. The second-order valence-corrected chi connectivity index (χ2v) is 7.89. The SMILES string of the molecule is CCC(C=O)NS(=O)(=O)c1ccc(NC(=O)c2sccc2Cl)cc1. The van der Waals surface area contributed by atoms with Gasteiger partial charge in [0.05, 0.1) is 16.0 Å². The lowest BCUT2D eigenvalue weighted by Gasteiger charge is -2.11. The van der Waals surface area contributed by atoms with Gasteiger partial charge in [0, 0.05) is 5.69 Å². The highest BCUT2D eigenvalue weighted by atomic mass is 35.5. The van der Waals surface area contributed by atoms with Crippen LogP contribution in [0.4, 0.5) is 5.69 Å². The van der Waals surface area contributed by atoms with Gasteiger partial charge in [0.25, 0.3) is 5.91 Å². The van der Waals surface area contributed by atoms with Crippen LogP contribution in [0.5, 0.6) is 0 Å². The molecule has 0 spiro atoms. The first-order valence-electron chi connectivity index (χ1n) is 6.99. The summed E-state index contributed by atoms with van der Waals surface area (Å²) >= 11 is 7.11. The quantitative estimate of drug-likeness (QED) is 0.715. The third-order valence-corrected chi connectivity index (χ3v) is 6.00. The summed E-state index contributed by atoms with van der Waals surface area (Å²) in [6.45, 7) is 1.70. The van der Waals surface area contributed by atoms with Crippen LogP contribution < -0.4 is 10.0 Å². The van der Waals surface area contributed by atoms with Gasteiger partial charge in [-0.25, -0.2) is 13.1 Å². The first-order chi connectivity index (χ1) is 11.4. The second kappa shape index (κ2) is 7.89. The number of benzene rings is 1. The summed E-state index contributed by atoms with van der Waals surface area (Å²) in [5.74, 6) is -0.365. The maximum atomic E-state index is 12.2. The Balaban J connectivity index is 2.11. The number of halogens is 1. The average molecular weight is 387 g/mol. The van der Waals surface area contributed by atoms with Gasteiger partial charge in [-0.3, -0.25) is 4.79 Å². The van der Waals surface area contributed by atoms with Gasteiger partial charge in [-0.15, -0.1) is 11.3 Å². The molecule has 0 aliphatic carbocycles. The monoisotopic (exact) mass is 386 g/mol. The second-order valence-electron chi connectivity index (χ2n) is 4.85. The van der Waals surface area contributed by atoms with Crippen LogP contribution in [0, 0.1) is 0 Å². The Morgan fingerprint density at radius 1 is 1.29 bits per heavy atom. The molecule has 1 atom stereocenters. The van der Waals surface area contributed by atoms with Crippen LogP contribution in [-0.4, -0.2) is 26.7 Å². The van der Waals surface area contributed by atoms with Crippen LogP contribution >= 0.6 is 22.9 Å². The molecule has 9 heteroatoms. The van der Waals surface area contributed by atoms with Gasteiger partial charge < -0.3 is 10.1 Å². The molecule has 128 valence electrons. The lowest BCUT2D eigenvalue weighted by atomic mass is 10.3. The minimum Gasteiger partial charge on any atom is -0.321 e. The Bertz CT molecular complexity index is 831. The molecule has 0 radical (unpaired) electrons. The molecular formula is C15H15ClN2O4S2. The fourth-order valence-electron chi connectivity index (χ4n) is 1.84. The van der Waals surface area contributed by atoms with Gasteiger partial charge in [0.2, 0.25) is 10.0 Å². The van der Waals surface area contributed by atoms with Crippen molar-refractivity contribution in [3.63, 3.8) is 0 Å². The van der Waals surface area contributed by atoms with Crippen LogP contribution in [0.15, 0.2) is 40.6 Å². The number of hydrogen-bond donors (Lipinski definition) is 2. The van der Waals surface area contributed by atoms with Gasteiger partial charge in [-0.1, -0.05) is 18.5 Å². The van der Waals surface area contributed by atoms with Gasteiger partial charge in [0.15, 0.2) is 0 Å². The third kappa shape index (κ3) is 4.41. The number of carbonyl (C=O) groups excluding carboxylic acids is 2. The van der Waals surface area contributed by atoms with Crippen LogP contribution in [0.3, 0.4) is 0 Å². The topological polar surface area (TPSA) is 92.3 Å². The molecular weight excluding hydrogens is 372 g/mol. The molecule has 1 aromatic heterocycles. The molecule has 2 aromatic rings. The Hall–Kier alpha value is -1.74. The molecule has 0 saturated carbocycles. The van der Waals surface area contributed by atoms with E-state index in [9.17, 15) is 18.0 Å². The number of rotatable bonds is 7. The Morgan fingerprint density at radius 2 is 1.96 bits per heavy atom. The van der Waals surface area contributed by atoms with Crippen molar-refractivity contribution in [2.45, 2.75) is 24.3 Å². The van der Waals surface area contributed by atoms with E-state index in [1.807, 2.05) is 0 Å². The van der Waals surface area contributed by atoms with Crippen molar-refractivity contribution in [1.29, 1.82) is 0 Å². The molecule has 6 nitrogen and oxygen atoms in total. The summed E-state index contributed by atoms with van der Waals surface area (Å²) < 4.78 is 26.6. The summed E-state index contributed by atoms with van der Waals surface area (Å²) in [5, 5.41) is 4.71. The standard InChI is InChI=1S/C15H15ClN2O4S2/c1-2-10(9-19)18-24(21,22)12-5-3-11(4-6-12)17-15(20)14-13(16)7-8-23-14/h3-10,18H,2H2,1H3,(H,17,20). The van der Waals surface area contributed by atoms with Gasteiger partial charge in [-0.05, 0) is 42.1 Å². The molecule has 1 aromatic carbocycles. The zero-order chi connectivity index (χ0) is 17.7. The maximum Gasteiger partial charge on any atom is 0.267 e. The van der Waals surface area contributed by atoms with Crippen LogP contribution in [0.1, 0.15) is 23.0 Å². The largest absolute Gasteiger partial charge is 0.321 e. The van der Waals surface area contributed by atoms with Crippen molar-refractivity contribution in [2.75, 3.05) is 5.32 Å². The van der Waals surface area contributed by atoms with Gasteiger partial charge >= 0.3 is 0 Å². The number of thiophene rings is 1. The molecule has 0 fully saturated rings. The predicted molar refractivity (Wildman–Crippen MR) is 94.2 cm³/mol. The highest BCUT2D eigenvalue weighted by molar-refractivity contribution is 7.89. The summed E-state index contributed by atoms with van der Waals surface area (Å²) in [5.41, 5.74) is 0.436. The highest BCUT2D eigenvalue weighted by Gasteiger charge is 2.19. The zero-order valence-corrected chi connectivity index (χ0v) is 15.0. The summed E-state index contributed by atoms with van der Waals surface area (Å²) in [4.78, 5) is 23.2. The number of hydrogen-bond acceptors (Lipinski definition) is 5. The number of sulfonamides is 1. The maximum absolute atomic E-state index is 12.2. The third-order valence-electron chi connectivity index (χ3n) is 3.16. The van der Waals surface area contributed by atoms with Gasteiger partial charge in [0.1, 0.15) is 11.2 Å². The summed E-state index contributed by atoms with van der Waals surface area (Å²) in [6.07, 6.45) is 0.912. The number of nitrogens with one attached hydrogen (secondary N) is 2. The van der Waals surface area contributed by atoms with Crippen LogP contribution in [0.2, 0.25) is 5.02 Å². The first-order valence-corrected chi connectivity index (χ1v) is 9.73. The van der Waals surface area contributed by atoms with Crippen molar-refractivity contribution >= 4 is 50.8 Å². The van der Waals surface area contributed by atoms with Gasteiger partial charge in [-0.2, -0.15) is 0 Å². The minimum atomic E-state index is -3.79. The van der Waals surface area contributed by atoms with E-state index < -0.39 is 16.1 Å². The predicted octanol–water partition coefficient (Wildman–Crippen LogP) is 2.91. The fraction of sp³-hybridized carbons (Fsp3) is 0.200. The van der Waals surface area contributed by atoms with E-state index in [4.69, 9.17) is 11.6 Å². The van der Waals surface area contributed by atoms with Crippen LogP contribution in [-0.2, 0) is 14.8 Å². The summed E-state index contributed by atoms with van der Waals surface area (Å²) in [7, 11) is -3.79. The number of aldehydes is 1. The zero-order valence-electron chi connectivity index (χ0n) is 12.7. The van der Waals surface area contributed by atoms with E-state index in [-0.39, 0.29) is 10.8 Å². The van der Waals surface area contributed by atoms with Crippen molar-refractivity contribution in [3.8, 4) is 0 Å². The molecule has 0 aliphatic rings. The molecule has 0 aliphatic heterocycles. The Morgan fingerprint density at radius 3 is 2.46 bits per heavy atom. The number of carbonyl (C=O) groups is 2. The number of amides is 1. The Kier molecular flexibility index (Phi) is 6.11. The highest BCUT2D eigenvalue weighted by Crippen LogP contribution is 2.23. The smallest absolute Gasteiger partial charge is 0.267 e. The molecule has 2 rings (SSSR count). The van der Waals surface area contributed by atoms with E-state index in [1.54, 1.807) is 18.4 Å². The number of anilines is 1. The summed E-state index contributed by atoms with van der Waals surface area (Å²) in [6, 6.07) is 6.50. The van der Waals surface area contributed by atoms with Crippen molar-refractivity contribution in [1.82, 2.24) is 4.72 Å². The van der Waals surface area contributed by atoms with E-state index in [1.165, 1.54) is 35.6 Å². The molecule has 0 saturated heterocycles. The van der Waals surface area contributed by atoms with E-state index >= 15 is 0 Å². The lowest BCUT2D eigenvalue weighted by Crippen LogP contribution is -2.35. The minimum absolute atomic E-state index is 0.00922. The average Bonchev–Trinajstić information content (AvgIpc) is 2.99. The normalized spacial score (nSPS) is 12.6. The lowest BCUT2D eigenvalue weighted by molar-refractivity contribution is -0.109.